The van der Waals surface area contributed by atoms with Gasteiger partial charge in [0.1, 0.15) is 17.4 Å². The summed E-state index contributed by atoms with van der Waals surface area (Å²) in [6, 6.07) is 18.2. The van der Waals surface area contributed by atoms with Crippen molar-refractivity contribution in [1.29, 1.82) is 0 Å². The van der Waals surface area contributed by atoms with E-state index in [9.17, 15) is 4.39 Å². The molecule has 0 radical (unpaired) electrons. The number of nitrogens with zero attached hydrogens (tertiary/aromatic N) is 4. The van der Waals surface area contributed by atoms with E-state index in [1.165, 1.54) is 12.1 Å². The van der Waals surface area contributed by atoms with Crippen molar-refractivity contribution in [2.24, 2.45) is 10.7 Å². The first kappa shape index (κ1) is 24.6. The number of aromatic nitrogens is 1. The number of rotatable bonds is 6. The highest BCUT2D eigenvalue weighted by molar-refractivity contribution is 14.0. The summed E-state index contributed by atoms with van der Waals surface area (Å²) in [4.78, 5) is 13.5. The number of nitrogens with one attached hydrogen (secondary N) is 1. The molecule has 0 spiro atoms. The van der Waals surface area contributed by atoms with Crippen LogP contribution in [0, 0.1) is 5.82 Å². The maximum atomic E-state index is 13.2. The van der Waals surface area contributed by atoms with Gasteiger partial charge < -0.3 is 25.6 Å². The molecule has 0 amide bonds. The van der Waals surface area contributed by atoms with Crippen molar-refractivity contribution < 1.29 is 9.13 Å². The average Bonchev–Trinajstić information content (AvgIpc) is 2.84. The van der Waals surface area contributed by atoms with Gasteiger partial charge in [-0.25, -0.2) is 14.4 Å². The van der Waals surface area contributed by atoms with Gasteiger partial charge >= 0.3 is 0 Å². The summed E-state index contributed by atoms with van der Waals surface area (Å²) in [5.74, 6) is 1.85. The van der Waals surface area contributed by atoms with Crippen molar-refractivity contribution in [3.8, 4) is 5.75 Å². The summed E-state index contributed by atoms with van der Waals surface area (Å²) in [7, 11) is 1.63. The summed E-state index contributed by atoms with van der Waals surface area (Å²) in [5, 5.41) is 3.08. The maximum Gasteiger partial charge on any atom is 0.193 e. The van der Waals surface area contributed by atoms with Crippen molar-refractivity contribution in [2.75, 3.05) is 48.4 Å². The molecule has 7 nitrogen and oxygen atoms in total. The van der Waals surface area contributed by atoms with Gasteiger partial charge in [0, 0.05) is 43.8 Å². The number of piperazine rings is 1. The summed E-state index contributed by atoms with van der Waals surface area (Å²) >= 11 is 0. The number of ether oxygens (including phenoxy) is 1. The van der Waals surface area contributed by atoms with Crippen LogP contribution in [0.3, 0.4) is 0 Å². The van der Waals surface area contributed by atoms with Gasteiger partial charge in [0.05, 0.1) is 13.7 Å². The molecule has 0 saturated carbocycles. The highest BCUT2D eigenvalue weighted by Gasteiger charge is 2.18. The number of pyridine rings is 1. The lowest BCUT2D eigenvalue weighted by atomic mass is 10.2. The monoisotopic (exact) mass is 562 g/mol. The molecule has 4 rings (SSSR count). The van der Waals surface area contributed by atoms with Crippen LogP contribution in [0.2, 0.25) is 0 Å². The molecule has 1 aliphatic heterocycles. The zero-order valence-electron chi connectivity index (χ0n) is 18.4. The average molecular weight is 562 g/mol. The van der Waals surface area contributed by atoms with Crippen LogP contribution in [0.25, 0.3) is 0 Å². The van der Waals surface area contributed by atoms with Crippen LogP contribution < -0.4 is 25.6 Å². The zero-order valence-corrected chi connectivity index (χ0v) is 20.8. The summed E-state index contributed by atoms with van der Waals surface area (Å²) in [5.41, 5.74) is 8.97. The standard InChI is InChI=1S/C24H27FN6O.HI/c1-32-22-8-4-20(5-9-22)29-24(26)28-17-18-10-11-27-23(16-18)31-14-12-30(13-15-31)21-6-2-19(25)3-7-21;/h2-11,16H,12-15,17H2,1H3,(H3,26,28,29);1H. The van der Waals surface area contributed by atoms with Crippen LogP contribution in [0.5, 0.6) is 5.75 Å². The number of halogens is 2. The quantitative estimate of drug-likeness (QED) is 0.268. The minimum atomic E-state index is -0.212. The molecule has 33 heavy (non-hydrogen) atoms. The highest BCUT2D eigenvalue weighted by Crippen LogP contribution is 2.20. The van der Waals surface area contributed by atoms with Crippen molar-refractivity contribution >= 4 is 47.1 Å². The van der Waals surface area contributed by atoms with Gasteiger partial charge in [0.2, 0.25) is 0 Å². The third-order valence-electron chi connectivity index (χ3n) is 5.40. The van der Waals surface area contributed by atoms with Crippen LogP contribution in [0.15, 0.2) is 71.9 Å². The van der Waals surface area contributed by atoms with Crippen LogP contribution in [-0.4, -0.2) is 44.2 Å². The Labute approximate surface area is 210 Å². The van der Waals surface area contributed by atoms with Crippen LogP contribution >= 0.6 is 24.0 Å². The Morgan fingerprint density at radius 1 is 1.03 bits per heavy atom. The molecule has 2 heterocycles. The van der Waals surface area contributed by atoms with Crippen LogP contribution in [0.1, 0.15) is 5.56 Å². The molecule has 174 valence electrons. The Morgan fingerprint density at radius 3 is 2.36 bits per heavy atom. The van der Waals surface area contributed by atoms with Gasteiger partial charge in [-0.2, -0.15) is 0 Å². The Hall–Kier alpha value is -3.08. The minimum absolute atomic E-state index is 0. The number of nitrogens with two attached hydrogens (primary N) is 1. The fraction of sp³-hybridized carbons (Fsp3) is 0.250. The Kier molecular flexibility index (Phi) is 8.70. The third-order valence-corrected chi connectivity index (χ3v) is 5.40. The van der Waals surface area contributed by atoms with E-state index in [0.29, 0.717) is 12.5 Å². The predicted molar refractivity (Wildman–Crippen MR) is 142 cm³/mol. The van der Waals surface area contributed by atoms with Crippen LogP contribution in [-0.2, 0) is 6.54 Å². The van der Waals surface area contributed by atoms with E-state index < -0.39 is 0 Å². The molecule has 0 atom stereocenters. The van der Waals surface area contributed by atoms with E-state index >= 15 is 0 Å². The first-order valence-corrected chi connectivity index (χ1v) is 10.5. The van der Waals surface area contributed by atoms with Gasteiger partial charge in [0.15, 0.2) is 5.96 Å². The number of aliphatic imine (C=N–C) groups is 1. The first-order chi connectivity index (χ1) is 15.6. The lowest BCUT2D eigenvalue weighted by Crippen LogP contribution is -2.46. The first-order valence-electron chi connectivity index (χ1n) is 10.5. The summed E-state index contributed by atoms with van der Waals surface area (Å²) in [6.45, 7) is 3.86. The predicted octanol–water partition coefficient (Wildman–Crippen LogP) is 4.10. The van der Waals surface area contributed by atoms with E-state index in [1.807, 2.05) is 42.5 Å². The second-order valence-electron chi connectivity index (χ2n) is 7.53. The number of hydrogen-bond donors (Lipinski definition) is 2. The number of guanidine groups is 1. The second kappa shape index (κ2) is 11.7. The molecular weight excluding hydrogens is 534 g/mol. The van der Waals surface area contributed by atoms with Crippen molar-refractivity contribution in [2.45, 2.75) is 6.54 Å². The summed E-state index contributed by atoms with van der Waals surface area (Å²) in [6.07, 6.45) is 1.81. The van der Waals surface area contributed by atoms with E-state index in [4.69, 9.17) is 10.5 Å². The number of anilines is 3. The van der Waals surface area contributed by atoms with Crippen LogP contribution in [0.4, 0.5) is 21.6 Å². The molecule has 0 bridgehead atoms. The number of benzene rings is 2. The lowest BCUT2D eigenvalue weighted by molar-refractivity contribution is 0.415. The van der Waals surface area contributed by atoms with Gasteiger partial charge in [-0.1, -0.05) is 0 Å². The molecule has 3 aromatic rings. The summed E-state index contributed by atoms with van der Waals surface area (Å²) < 4.78 is 18.3. The molecular formula is C24H28FIN6O. The largest absolute Gasteiger partial charge is 0.497 e. The molecule has 9 heteroatoms. The molecule has 1 aliphatic rings. The van der Waals surface area contributed by atoms with Gasteiger partial charge in [-0.3, -0.25) is 0 Å². The lowest BCUT2D eigenvalue weighted by Gasteiger charge is -2.36. The van der Waals surface area contributed by atoms with E-state index in [2.05, 4.69) is 31.2 Å². The molecule has 1 saturated heterocycles. The Morgan fingerprint density at radius 2 is 1.70 bits per heavy atom. The maximum absolute atomic E-state index is 13.2. The molecule has 0 unspecified atom stereocenters. The highest BCUT2D eigenvalue weighted by atomic mass is 127. The van der Waals surface area contributed by atoms with Crippen molar-refractivity contribution in [3.05, 3.63) is 78.2 Å². The minimum Gasteiger partial charge on any atom is -0.497 e. The van der Waals surface area contributed by atoms with Gasteiger partial charge in [-0.15, -0.1) is 24.0 Å². The molecule has 1 aromatic heterocycles. The SMILES string of the molecule is COc1ccc(NC(N)=NCc2ccnc(N3CCN(c4ccc(F)cc4)CC3)c2)cc1.I. The smallest absolute Gasteiger partial charge is 0.193 e. The van der Waals surface area contributed by atoms with E-state index in [1.54, 1.807) is 13.3 Å². The van der Waals surface area contributed by atoms with Gasteiger partial charge in [-0.05, 0) is 66.2 Å². The molecule has 0 aliphatic carbocycles. The molecule has 1 fully saturated rings. The third kappa shape index (κ3) is 6.70. The van der Waals surface area contributed by atoms with E-state index in [0.717, 1.165) is 54.7 Å². The number of methoxy groups -OCH3 is 1. The normalized spacial score (nSPS) is 13.9. The number of hydrogen-bond acceptors (Lipinski definition) is 5. The fourth-order valence-electron chi connectivity index (χ4n) is 3.62. The van der Waals surface area contributed by atoms with E-state index in [-0.39, 0.29) is 29.8 Å². The Balaban J connectivity index is 0.00000306. The Bertz CT molecular complexity index is 1050. The van der Waals surface area contributed by atoms with Crippen molar-refractivity contribution in [1.82, 2.24) is 4.98 Å². The van der Waals surface area contributed by atoms with Gasteiger partial charge in [0.25, 0.3) is 0 Å². The fourth-order valence-corrected chi connectivity index (χ4v) is 3.62. The zero-order chi connectivity index (χ0) is 22.3. The molecule has 2 aromatic carbocycles. The second-order valence-corrected chi connectivity index (χ2v) is 7.53. The topological polar surface area (TPSA) is 79.0 Å². The molecule has 3 N–H and O–H groups in total. The van der Waals surface area contributed by atoms with Crippen molar-refractivity contribution in [3.63, 3.8) is 0 Å².